The van der Waals surface area contributed by atoms with Crippen LogP contribution in [0.15, 0.2) is 59.2 Å². The minimum atomic E-state index is 0.769. The Morgan fingerprint density at radius 1 is 0.941 bits per heavy atom. The fourth-order valence-corrected chi connectivity index (χ4v) is 2.12. The Hall–Kier alpha value is -1.73. The van der Waals surface area contributed by atoms with E-state index in [-0.39, 0.29) is 0 Å². The molecular formula is C15H11ClO. The van der Waals surface area contributed by atoms with Crippen LogP contribution in [0.1, 0.15) is 11.1 Å². The first-order valence-corrected chi connectivity index (χ1v) is 5.90. The first-order chi connectivity index (χ1) is 8.33. The van der Waals surface area contributed by atoms with Crippen LogP contribution in [0.2, 0.25) is 5.02 Å². The van der Waals surface area contributed by atoms with Gasteiger partial charge in [-0.05, 0) is 23.8 Å². The summed E-state index contributed by atoms with van der Waals surface area (Å²) in [5, 5.41) is 1.95. The topological polar surface area (TPSA) is 13.1 Å². The molecule has 3 aromatic rings. The van der Waals surface area contributed by atoms with Crippen LogP contribution in [-0.2, 0) is 6.42 Å². The standard InChI is InChI=1S/C15H11ClO/c16-13-7-5-11(6-8-13)9-12-10-17-15-4-2-1-3-14(12)15/h1-8,10H,9H2. The number of hydrogen-bond acceptors (Lipinski definition) is 1. The van der Waals surface area contributed by atoms with Crippen molar-refractivity contribution in [1.82, 2.24) is 0 Å². The van der Waals surface area contributed by atoms with Crippen LogP contribution in [0.4, 0.5) is 0 Å². The van der Waals surface area contributed by atoms with E-state index < -0.39 is 0 Å². The number of halogens is 1. The summed E-state index contributed by atoms with van der Waals surface area (Å²) in [7, 11) is 0. The highest BCUT2D eigenvalue weighted by molar-refractivity contribution is 6.30. The third-order valence-corrected chi connectivity index (χ3v) is 3.12. The summed E-state index contributed by atoms with van der Waals surface area (Å²) < 4.78 is 5.52. The summed E-state index contributed by atoms with van der Waals surface area (Å²) in [5.74, 6) is 0. The predicted molar refractivity (Wildman–Crippen MR) is 70.5 cm³/mol. The summed E-state index contributed by atoms with van der Waals surface area (Å²) in [4.78, 5) is 0. The first-order valence-electron chi connectivity index (χ1n) is 5.52. The molecule has 0 amide bonds. The molecule has 17 heavy (non-hydrogen) atoms. The zero-order valence-corrected chi connectivity index (χ0v) is 9.95. The van der Waals surface area contributed by atoms with E-state index in [1.165, 1.54) is 16.5 Å². The van der Waals surface area contributed by atoms with Gasteiger partial charge in [0, 0.05) is 22.4 Å². The van der Waals surface area contributed by atoms with E-state index in [1.807, 2.05) is 48.7 Å². The molecule has 1 aromatic heterocycles. The van der Waals surface area contributed by atoms with Crippen LogP contribution in [0, 0.1) is 0 Å². The molecule has 0 saturated heterocycles. The summed E-state index contributed by atoms with van der Waals surface area (Å²) in [6.45, 7) is 0. The lowest BCUT2D eigenvalue weighted by Crippen LogP contribution is -1.85. The van der Waals surface area contributed by atoms with Gasteiger partial charge in [0.1, 0.15) is 5.58 Å². The van der Waals surface area contributed by atoms with Gasteiger partial charge in [0.05, 0.1) is 6.26 Å². The van der Waals surface area contributed by atoms with E-state index in [1.54, 1.807) is 0 Å². The van der Waals surface area contributed by atoms with Crippen molar-refractivity contribution >= 4 is 22.6 Å². The molecule has 0 aliphatic heterocycles. The Kier molecular flexibility index (Phi) is 2.62. The Bertz CT molecular complexity index is 637. The van der Waals surface area contributed by atoms with Crippen molar-refractivity contribution in [2.45, 2.75) is 6.42 Å². The molecule has 0 aliphatic rings. The number of rotatable bonds is 2. The Morgan fingerprint density at radius 3 is 2.53 bits per heavy atom. The van der Waals surface area contributed by atoms with Crippen molar-refractivity contribution in [3.8, 4) is 0 Å². The predicted octanol–water partition coefficient (Wildman–Crippen LogP) is 4.68. The molecule has 0 unspecified atom stereocenters. The Morgan fingerprint density at radius 2 is 1.71 bits per heavy atom. The van der Waals surface area contributed by atoms with Gasteiger partial charge in [0.25, 0.3) is 0 Å². The SMILES string of the molecule is Clc1ccc(Cc2coc3ccccc23)cc1. The minimum absolute atomic E-state index is 0.769. The summed E-state index contributed by atoms with van der Waals surface area (Å²) >= 11 is 5.87. The molecule has 84 valence electrons. The van der Waals surface area contributed by atoms with Crippen molar-refractivity contribution in [3.05, 3.63) is 70.9 Å². The van der Waals surface area contributed by atoms with E-state index in [4.69, 9.17) is 16.0 Å². The zero-order chi connectivity index (χ0) is 11.7. The maximum absolute atomic E-state index is 5.87. The van der Waals surface area contributed by atoms with Gasteiger partial charge in [0.15, 0.2) is 0 Å². The number of hydrogen-bond donors (Lipinski definition) is 0. The molecule has 0 fully saturated rings. The highest BCUT2D eigenvalue weighted by Gasteiger charge is 2.05. The second kappa shape index (κ2) is 4.27. The van der Waals surface area contributed by atoms with Crippen LogP contribution >= 0.6 is 11.6 Å². The number of para-hydroxylation sites is 1. The van der Waals surface area contributed by atoms with Crippen molar-refractivity contribution in [3.63, 3.8) is 0 Å². The number of furan rings is 1. The fourth-order valence-electron chi connectivity index (χ4n) is 1.99. The van der Waals surface area contributed by atoms with Gasteiger partial charge in [-0.1, -0.05) is 41.9 Å². The van der Waals surface area contributed by atoms with Crippen LogP contribution in [0.5, 0.6) is 0 Å². The molecule has 1 heterocycles. The molecule has 2 aromatic carbocycles. The van der Waals surface area contributed by atoms with E-state index in [9.17, 15) is 0 Å². The molecule has 0 N–H and O–H groups in total. The van der Waals surface area contributed by atoms with E-state index in [0.29, 0.717) is 0 Å². The zero-order valence-electron chi connectivity index (χ0n) is 9.19. The molecule has 0 aliphatic carbocycles. The van der Waals surface area contributed by atoms with Gasteiger partial charge < -0.3 is 4.42 Å². The maximum atomic E-state index is 5.87. The third-order valence-electron chi connectivity index (χ3n) is 2.87. The lowest BCUT2D eigenvalue weighted by Gasteiger charge is -1.99. The number of benzene rings is 2. The van der Waals surface area contributed by atoms with Crippen LogP contribution < -0.4 is 0 Å². The Balaban J connectivity index is 1.97. The molecule has 0 atom stereocenters. The third kappa shape index (κ3) is 2.06. The minimum Gasteiger partial charge on any atom is -0.464 e. The highest BCUT2D eigenvalue weighted by atomic mass is 35.5. The van der Waals surface area contributed by atoms with Gasteiger partial charge in [-0.3, -0.25) is 0 Å². The largest absolute Gasteiger partial charge is 0.464 e. The molecule has 0 spiro atoms. The van der Waals surface area contributed by atoms with Crippen molar-refractivity contribution in [2.75, 3.05) is 0 Å². The second-order valence-electron chi connectivity index (χ2n) is 4.06. The average Bonchev–Trinajstić information content (AvgIpc) is 2.76. The second-order valence-corrected chi connectivity index (χ2v) is 4.50. The van der Waals surface area contributed by atoms with Gasteiger partial charge in [-0.25, -0.2) is 0 Å². The van der Waals surface area contributed by atoms with E-state index in [0.717, 1.165) is 17.0 Å². The quantitative estimate of drug-likeness (QED) is 0.636. The summed E-state index contributed by atoms with van der Waals surface area (Å²) in [6.07, 6.45) is 2.70. The molecule has 3 rings (SSSR count). The molecule has 0 saturated carbocycles. The molecule has 1 nitrogen and oxygen atoms in total. The van der Waals surface area contributed by atoms with Crippen LogP contribution in [0.25, 0.3) is 11.0 Å². The first kappa shape index (κ1) is 10.4. The van der Waals surface area contributed by atoms with Gasteiger partial charge in [-0.2, -0.15) is 0 Å². The van der Waals surface area contributed by atoms with Crippen LogP contribution in [0.3, 0.4) is 0 Å². The maximum Gasteiger partial charge on any atom is 0.134 e. The van der Waals surface area contributed by atoms with E-state index in [2.05, 4.69) is 6.07 Å². The van der Waals surface area contributed by atoms with Crippen molar-refractivity contribution < 1.29 is 4.42 Å². The number of fused-ring (bicyclic) bond motifs is 1. The molecule has 0 radical (unpaired) electrons. The fraction of sp³-hybridized carbons (Fsp3) is 0.0667. The molecule has 0 bridgehead atoms. The summed E-state index contributed by atoms with van der Waals surface area (Å²) in [6, 6.07) is 16.0. The summed E-state index contributed by atoms with van der Waals surface area (Å²) in [5.41, 5.74) is 3.39. The van der Waals surface area contributed by atoms with E-state index >= 15 is 0 Å². The van der Waals surface area contributed by atoms with Gasteiger partial charge >= 0.3 is 0 Å². The van der Waals surface area contributed by atoms with Gasteiger partial charge in [0.2, 0.25) is 0 Å². The molecule has 2 heteroatoms. The Labute approximate surface area is 105 Å². The molecular weight excluding hydrogens is 232 g/mol. The normalized spacial score (nSPS) is 10.9. The highest BCUT2D eigenvalue weighted by Crippen LogP contribution is 2.23. The smallest absolute Gasteiger partial charge is 0.134 e. The van der Waals surface area contributed by atoms with Crippen molar-refractivity contribution in [1.29, 1.82) is 0 Å². The monoisotopic (exact) mass is 242 g/mol. The lowest BCUT2D eigenvalue weighted by atomic mass is 10.0. The van der Waals surface area contributed by atoms with Crippen LogP contribution in [-0.4, -0.2) is 0 Å². The average molecular weight is 243 g/mol. The van der Waals surface area contributed by atoms with Crippen molar-refractivity contribution in [2.24, 2.45) is 0 Å². The lowest BCUT2D eigenvalue weighted by molar-refractivity contribution is 0.611. The van der Waals surface area contributed by atoms with Gasteiger partial charge in [-0.15, -0.1) is 0 Å².